The van der Waals surface area contributed by atoms with Crippen LogP contribution in [0.25, 0.3) is 0 Å². The molecule has 0 heteroatoms. The molecule has 0 amide bonds. The average molecular weight is 260 g/mol. The first-order valence-electron chi connectivity index (χ1n) is 8.36. The third kappa shape index (κ3) is 3.15. The maximum atomic E-state index is 2.55. The largest absolute Gasteiger partial charge is 0.0768 e. The highest BCUT2D eigenvalue weighted by atomic mass is 14.4. The highest BCUT2D eigenvalue weighted by molar-refractivity contribution is 5.41. The predicted molar refractivity (Wildman–Crippen MR) is 85.1 cm³/mol. The van der Waals surface area contributed by atoms with Gasteiger partial charge in [-0.1, -0.05) is 65.2 Å². The molecule has 0 fully saturated rings. The zero-order valence-corrected chi connectivity index (χ0v) is 13.6. The molecule has 2 rings (SSSR count). The van der Waals surface area contributed by atoms with Crippen LogP contribution in [-0.2, 0) is 0 Å². The summed E-state index contributed by atoms with van der Waals surface area (Å²) in [5.41, 5.74) is 3.96. The Morgan fingerprint density at radius 1 is 1.16 bits per heavy atom. The number of allylic oxidation sites excluding steroid dienone is 4. The van der Waals surface area contributed by atoms with Crippen LogP contribution in [-0.4, -0.2) is 0 Å². The second-order valence-electron chi connectivity index (χ2n) is 7.79. The van der Waals surface area contributed by atoms with Gasteiger partial charge in [-0.15, -0.1) is 0 Å². The van der Waals surface area contributed by atoms with Crippen molar-refractivity contribution >= 4 is 0 Å². The van der Waals surface area contributed by atoms with Crippen LogP contribution in [0.5, 0.6) is 0 Å². The maximum absolute atomic E-state index is 2.55. The van der Waals surface area contributed by atoms with Gasteiger partial charge in [0.1, 0.15) is 0 Å². The van der Waals surface area contributed by atoms with Crippen LogP contribution in [0, 0.1) is 23.2 Å². The van der Waals surface area contributed by atoms with Crippen molar-refractivity contribution in [3.63, 3.8) is 0 Å². The Morgan fingerprint density at radius 2 is 1.89 bits per heavy atom. The first-order chi connectivity index (χ1) is 8.94. The van der Waals surface area contributed by atoms with Gasteiger partial charge in [0.05, 0.1) is 0 Å². The third-order valence-electron chi connectivity index (χ3n) is 5.09. The van der Waals surface area contributed by atoms with Crippen LogP contribution in [0.1, 0.15) is 73.1 Å². The van der Waals surface area contributed by atoms with Gasteiger partial charge in [-0.05, 0) is 48.5 Å². The van der Waals surface area contributed by atoms with Gasteiger partial charge in [-0.3, -0.25) is 0 Å². The fourth-order valence-corrected chi connectivity index (χ4v) is 4.44. The molecule has 0 aromatic heterocycles. The molecule has 2 aliphatic carbocycles. The summed E-state index contributed by atoms with van der Waals surface area (Å²) in [6, 6.07) is 0. The molecule has 108 valence electrons. The smallest absolute Gasteiger partial charge is 0.00143 e. The minimum absolute atomic E-state index is 0.447. The minimum Gasteiger partial charge on any atom is -0.0768 e. The van der Waals surface area contributed by atoms with Gasteiger partial charge < -0.3 is 0 Å². The fraction of sp³-hybridized carbons (Fsp3) is 0.789. The van der Waals surface area contributed by atoms with Crippen molar-refractivity contribution in [1.29, 1.82) is 0 Å². The summed E-state index contributed by atoms with van der Waals surface area (Å²) < 4.78 is 0. The van der Waals surface area contributed by atoms with Crippen molar-refractivity contribution < 1.29 is 0 Å². The predicted octanol–water partition coefficient (Wildman–Crippen LogP) is 6.14. The second-order valence-corrected chi connectivity index (χ2v) is 7.79. The van der Waals surface area contributed by atoms with Crippen LogP contribution >= 0.6 is 0 Å². The molecule has 0 heterocycles. The molecule has 2 aliphatic rings. The van der Waals surface area contributed by atoms with E-state index in [1.807, 2.05) is 5.57 Å². The Kier molecular flexibility index (Phi) is 4.58. The number of rotatable bonds is 3. The van der Waals surface area contributed by atoms with Gasteiger partial charge >= 0.3 is 0 Å². The summed E-state index contributed by atoms with van der Waals surface area (Å²) in [5.74, 6) is 2.25. The van der Waals surface area contributed by atoms with E-state index < -0.39 is 0 Å². The first kappa shape index (κ1) is 14.9. The van der Waals surface area contributed by atoms with Crippen molar-refractivity contribution in [1.82, 2.24) is 0 Å². The summed E-state index contributed by atoms with van der Waals surface area (Å²) in [7, 11) is 0. The van der Waals surface area contributed by atoms with Crippen molar-refractivity contribution in [2.45, 2.75) is 73.1 Å². The van der Waals surface area contributed by atoms with E-state index in [2.05, 4.69) is 46.8 Å². The number of hydrogen-bond donors (Lipinski definition) is 0. The number of hydrogen-bond acceptors (Lipinski definition) is 0. The molecular weight excluding hydrogens is 228 g/mol. The zero-order chi connectivity index (χ0) is 14.0. The van der Waals surface area contributed by atoms with Crippen LogP contribution in [0.3, 0.4) is 0 Å². The molecule has 0 radical (unpaired) electrons. The Labute approximate surface area is 120 Å². The van der Waals surface area contributed by atoms with Crippen LogP contribution in [0.4, 0.5) is 0 Å². The van der Waals surface area contributed by atoms with E-state index in [1.54, 1.807) is 5.57 Å². The molecule has 0 spiro atoms. The lowest BCUT2D eigenvalue weighted by molar-refractivity contribution is 0.246. The quantitative estimate of drug-likeness (QED) is 0.571. The van der Waals surface area contributed by atoms with Crippen molar-refractivity contribution in [2.24, 2.45) is 23.2 Å². The molecule has 0 N–H and O–H groups in total. The van der Waals surface area contributed by atoms with E-state index in [0.717, 1.165) is 11.8 Å². The van der Waals surface area contributed by atoms with E-state index in [1.165, 1.54) is 38.5 Å². The van der Waals surface area contributed by atoms with Crippen LogP contribution in [0.15, 0.2) is 23.3 Å². The second kappa shape index (κ2) is 5.85. The lowest BCUT2D eigenvalue weighted by Crippen LogP contribution is -2.28. The fourth-order valence-electron chi connectivity index (χ4n) is 4.44. The lowest BCUT2D eigenvalue weighted by Gasteiger charge is -2.40. The normalized spacial score (nSPS) is 31.8. The minimum atomic E-state index is 0.447. The van der Waals surface area contributed by atoms with Gasteiger partial charge in [0, 0.05) is 5.92 Å². The molecule has 0 saturated carbocycles. The molecule has 2 unspecified atom stereocenters. The van der Waals surface area contributed by atoms with Crippen molar-refractivity contribution in [3.05, 3.63) is 23.3 Å². The summed E-state index contributed by atoms with van der Waals surface area (Å²) in [6.07, 6.45) is 13.3. The molecule has 0 aliphatic heterocycles. The Hall–Kier alpha value is -0.520. The Balaban J connectivity index is 2.38. The van der Waals surface area contributed by atoms with Gasteiger partial charge in [0.25, 0.3) is 0 Å². The molecular formula is C19H32. The van der Waals surface area contributed by atoms with E-state index in [9.17, 15) is 0 Å². The highest BCUT2D eigenvalue weighted by Crippen LogP contribution is 2.50. The highest BCUT2D eigenvalue weighted by Gasteiger charge is 2.38. The average Bonchev–Trinajstić information content (AvgIpc) is 2.69. The Morgan fingerprint density at radius 3 is 2.53 bits per heavy atom. The molecule has 0 saturated heterocycles. The summed E-state index contributed by atoms with van der Waals surface area (Å²) >= 11 is 0. The molecule has 0 aromatic carbocycles. The lowest BCUT2D eigenvalue weighted by atomic mass is 9.65. The van der Waals surface area contributed by atoms with E-state index in [-0.39, 0.29) is 0 Å². The van der Waals surface area contributed by atoms with Gasteiger partial charge in [0.2, 0.25) is 0 Å². The monoisotopic (exact) mass is 260 g/mol. The van der Waals surface area contributed by atoms with Gasteiger partial charge in [0.15, 0.2) is 0 Å². The van der Waals surface area contributed by atoms with E-state index in [0.29, 0.717) is 11.3 Å². The molecule has 0 nitrogen and oxygen atoms in total. The van der Waals surface area contributed by atoms with Crippen molar-refractivity contribution in [3.8, 4) is 0 Å². The third-order valence-corrected chi connectivity index (χ3v) is 5.09. The van der Waals surface area contributed by atoms with Crippen LogP contribution < -0.4 is 0 Å². The van der Waals surface area contributed by atoms with E-state index >= 15 is 0 Å². The zero-order valence-electron chi connectivity index (χ0n) is 13.6. The van der Waals surface area contributed by atoms with Gasteiger partial charge in [-0.2, -0.15) is 0 Å². The van der Waals surface area contributed by atoms with Gasteiger partial charge in [-0.25, -0.2) is 0 Å². The first-order valence-corrected chi connectivity index (χ1v) is 8.36. The van der Waals surface area contributed by atoms with Crippen LogP contribution in [0.2, 0.25) is 0 Å². The van der Waals surface area contributed by atoms with Crippen molar-refractivity contribution in [2.75, 3.05) is 0 Å². The molecule has 0 aromatic rings. The molecule has 0 bridgehead atoms. The summed E-state index contributed by atoms with van der Waals surface area (Å²) in [4.78, 5) is 0. The molecule has 19 heavy (non-hydrogen) atoms. The molecule has 2 atom stereocenters. The topological polar surface area (TPSA) is 0 Å². The Bertz CT molecular complexity index is 369. The summed E-state index contributed by atoms with van der Waals surface area (Å²) in [6.45, 7) is 12.1. The standard InChI is InChI=1S/C19H32/c1-14(2)13-19(5)12-8-6-7-9-16-10-11-17(15(3)4)18(16)19/h10-11,14-15,17H,6-9,12-13H2,1-5H3. The SMILES string of the molecule is CC(C)CC1(C)CCCCCC2=C1C(C(C)C)C=C2. The summed E-state index contributed by atoms with van der Waals surface area (Å²) in [5, 5.41) is 0. The maximum Gasteiger partial charge on any atom is 0.00143 e. The van der Waals surface area contributed by atoms with E-state index in [4.69, 9.17) is 0 Å².